The summed E-state index contributed by atoms with van der Waals surface area (Å²) in [6.45, 7) is 5.63. The Bertz CT molecular complexity index is 663. The molecule has 0 saturated heterocycles. The molecule has 4 N–H and O–H groups in total. The first kappa shape index (κ1) is 31.8. The number of carbonyl (C=O) groups excluding carboxylic acids is 1. The first-order chi connectivity index (χ1) is 17.6. The van der Waals surface area contributed by atoms with Gasteiger partial charge in [-0.25, -0.2) is 4.79 Å². The van der Waals surface area contributed by atoms with Gasteiger partial charge in [0.1, 0.15) is 6.61 Å². The predicted octanol–water partition coefficient (Wildman–Crippen LogP) is 0.0687. The maximum absolute atomic E-state index is 11.8. The van der Waals surface area contributed by atoms with E-state index in [9.17, 15) is 20.1 Å². The zero-order valence-electron chi connectivity index (χ0n) is 20.4. The average Bonchev–Trinajstić information content (AvgIpc) is 2.87. The highest BCUT2D eigenvalue weighted by Gasteiger charge is 2.14. The van der Waals surface area contributed by atoms with E-state index in [2.05, 4.69) is 0 Å². The van der Waals surface area contributed by atoms with Crippen LogP contribution >= 0.6 is 0 Å². The van der Waals surface area contributed by atoms with Crippen molar-refractivity contribution in [2.24, 2.45) is 0 Å². The summed E-state index contributed by atoms with van der Waals surface area (Å²) in [7, 11) is 0. The number of carbonyl (C=O) groups is 1. The molecule has 0 aromatic heterocycles. The van der Waals surface area contributed by atoms with Crippen molar-refractivity contribution in [2.45, 2.75) is 0 Å². The van der Waals surface area contributed by atoms with Gasteiger partial charge >= 0.3 is 5.97 Å². The van der Waals surface area contributed by atoms with Gasteiger partial charge in [-0.05, 0) is 12.1 Å². The molecule has 0 fully saturated rings. The van der Waals surface area contributed by atoms with Gasteiger partial charge in [0.2, 0.25) is 0 Å². The molecule has 0 saturated carbocycles. The number of phenolic OH excluding ortho intramolecular Hbond substituents is 3. The average molecular weight is 523 g/mol. The van der Waals surface area contributed by atoms with Crippen LogP contribution < -0.4 is 0 Å². The number of ether oxygens (including phenoxy) is 8. The molecule has 0 aliphatic heterocycles. The predicted molar refractivity (Wildman–Crippen MR) is 125 cm³/mol. The third-order valence-electron chi connectivity index (χ3n) is 4.23. The van der Waals surface area contributed by atoms with Crippen molar-refractivity contribution in [3.63, 3.8) is 0 Å². The summed E-state index contributed by atoms with van der Waals surface area (Å²) in [6.07, 6.45) is 0. The lowest BCUT2D eigenvalue weighted by molar-refractivity contribution is -0.0230. The third kappa shape index (κ3) is 16.4. The Morgan fingerprint density at radius 1 is 0.528 bits per heavy atom. The van der Waals surface area contributed by atoms with E-state index < -0.39 is 23.2 Å². The number of rotatable bonds is 24. The molecule has 13 heteroatoms. The number of phenols is 3. The quantitative estimate of drug-likeness (QED) is 0.0817. The minimum atomic E-state index is -0.767. The fourth-order valence-corrected chi connectivity index (χ4v) is 2.48. The highest BCUT2D eigenvalue weighted by molar-refractivity contribution is 5.91. The van der Waals surface area contributed by atoms with E-state index in [0.29, 0.717) is 85.9 Å². The lowest BCUT2D eigenvalue weighted by atomic mass is 10.2. The summed E-state index contributed by atoms with van der Waals surface area (Å²) in [5.41, 5.74) is -0.0934. The summed E-state index contributed by atoms with van der Waals surface area (Å²) in [5.74, 6) is -2.70. The number of benzene rings is 1. The van der Waals surface area contributed by atoms with Crippen molar-refractivity contribution in [2.75, 3.05) is 106 Å². The second-order valence-corrected chi connectivity index (χ2v) is 7.01. The lowest BCUT2D eigenvalue weighted by Gasteiger charge is -2.09. The largest absolute Gasteiger partial charge is 0.504 e. The minimum Gasteiger partial charge on any atom is -0.504 e. The molecule has 0 aliphatic rings. The van der Waals surface area contributed by atoms with Crippen molar-refractivity contribution >= 4 is 5.97 Å². The number of hydrogen-bond acceptors (Lipinski definition) is 13. The van der Waals surface area contributed by atoms with Crippen molar-refractivity contribution in [1.82, 2.24) is 0 Å². The van der Waals surface area contributed by atoms with Crippen molar-refractivity contribution in [1.29, 1.82) is 0 Å². The topological polar surface area (TPSA) is 172 Å². The van der Waals surface area contributed by atoms with E-state index in [-0.39, 0.29) is 25.4 Å². The van der Waals surface area contributed by atoms with E-state index in [0.717, 1.165) is 12.1 Å². The molecule has 0 radical (unpaired) electrons. The summed E-state index contributed by atoms with van der Waals surface area (Å²) >= 11 is 0. The number of esters is 1. The zero-order valence-corrected chi connectivity index (χ0v) is 20.4. The first-order valence-electron chi connectivity index (χ1n) is 11.6. The highest BCUT2D eigenvalue weighted by Crippen LogP contribution is 2.35. The number of aliphatic hydroxyl groups is 1. The van der Waals surface area contributed by atoms with Gasteiger partial charge in [0.05, 0.1) is 105 Å². The van der Waals surface area contributed by atoms with Crippen molar-refractivity contribution in [3.05, 3.63) is 17.7 Å². The van der Waals surface area contributed by atoms with Crippen LogP contribution in [-0.2, 0) is 37.9 Å². The van der Waals surface area contributed by atoms with Crippen LogP contribution in [0.3, 0.4) is 0 Å². The Labute approximate surface area is 210 Å². The van der Waals surface area contributed by atoms with Crippen molar-refractivity contribution in [3.8, 4) is 17.2 Å². The van der Waals surface area contributed by atoms with E-state index >= 15 is 0 Å². The molecule has 36 heavy (non-hydrogen) atoms. The molecule has 0 unspecified atom stereocenters. The third-order valence-corrected chi connectivity index (χ3v) is 4.23. The fraction of sp³-hybridized carbons (Fsp3) is 0.696. The number of hydrogen-bond donors (Lipinski definition) is 4. The highest BCUT2D eigenvalue weighted by atomic mass is 16.6. The van der Waals surface area contributed by atoms with Crippen LogP contribution in [0, 0.1) is 0 Å². The zero-order chi connectivity index (χ0) is 26.3. The Hall–Kier alpha value is -2.23. The Morgan fingerprint density at radius 2 is 0.833 bits per heavy atom. The Morgan fingerprint density at radius 3 is 1.17 bits per heavy atom. The van der Waals surface area contributed by atoms with Gasteiger partial charge in [-0.3, -0.25) is 0 Å². The van der Waals surface area contributed by atoms with E-state index in [1.165, 1.54) is 0 Å². The molecule has 0 atom stereocenters. The van der Waals surface area contributed by atoms with Gasteiger partial charge in [0.25, 0.3) is 0 Å². The van der Waals surface area contributed by atoms with E-state index in [1.54, 1.807) is 0 Å². The standard InChI is InChI=1S/C23H38O13/c24-1-2-29-3-4-30-5-6-31-7-8-32-9-10-33-11-12-34-13-14-35-15-16-36-23(28)19-17-20(25)22(27)21(26)18-19/h17-18,24-27H,1-16H2. The van der Waals surface area contributed by atoms with Crippen LogP contribution in [0.1, 0.15) is 10.4 Å². The van der Waals surface area contributed by atoms with E-state index in [4.69, 9.17) is 43.0 Å². The molecule has 0 aliphatic carbocycles. The maximum atomic E-state index is 11.8. The van der Waals surface area contributed by atoms with Crippen LogP contribution in [0.2, 0.25) is 0 Å². The molecule has 208 valence electrons. The summed E-state index contributed by atoms with van der Waals surface area (Å²) in [6, 6.07) is 1.99. The van der Waals surface area contributed by atoms with Crippen LogP contribution in [0.4, 0.5) is 0 Å². The summed E-state index contributed by atoms with van der Waals surface area (Å²) in [4.78, 5) is 11.8. The molecular formula is C23H38O13. The SMILES string of the molecule is O=C(OCCOCCOCCOCCOCCOCCOCCOCCO)c1cc(O)c(O)c(O)c1. The normalized spacial score (nSPS) is 11.1. The van der Waals surface area contributed by atoms with Gasteiger partial charge in [0.15, 0.2) is 17.2 Å². The lowest BCUT2D eigenvalue weighted by Crippen LogP contribution is -2.15. The van der Waals surface area contributed by atoms with Gasteiger partial charge in [-0.2, -0.15) is 0 Å². The summed E-state index contributed by atoms with van der Waals surface area (Å²) < 4.78 is 42.1. The molecule has 0 spiro atoms. The maximum Gasteiger partial charge on any atom is 0.338 e. The first-order valence-corrected chi connectivity index (χ1v) is 11.6. The van der Waals surface area contributed by atoms with Crippen LogP contribution in [0.15, 0.2) is 12.1 Å². The summed E-state index contributed by atoms with van der Waals surface area (Å²) in [5, 5.41) is 36.6. The number of aromatic hydroxyl groups is 3. The number of aliphatic hydroxyl groups excluding tert-OH is 1. The molecule has 13 nitrogen and oxygen atoms in total. The molecule has 0 heterocycles. The Balaban J connectivity index is 1.78. The molecular weight excluding hydrogens is 484 g/mol. The van der Waals surface area contributed by atoms with Crippen LogP contribution in [0.5, 0.6) is 17.2 Å². The second kappa shape index (κ2) is 22.0. The molecule has 0 bridgehead atoms. The van der Waals surface area contributed by atoms with Gasteiger partial charge in [-0.1, -0.05) is 0 Å². The van der Waals surface area contributed by atoms with Crippen LogP contribution in [0.25, 0.3) is 0 Å². The monoisotopic (exact) mass is 522 g/mol. The minimum absolute atomic E-state index is 0.00923. The second-order valence-electron chi connectivity index (χ2n) is 7.01. The molecule has 1 aromatic carbocycles. The Kier molecular flexibility index (Phi) is 19.4. The van der Waals surface area contributed by atoms with E-state index in [1.807, 2.05) is 0 Å². The van der Waals surface area contributed by atoms with Gasteiger partial charge < -0.3 is 58.3 Å². The fourth-order valence-electron chi connectivity index (χ4n) is 2.48. The molecule has 0 amide bonds. The molecule has 1 aromatic rings. The van der Waals surface area contributed by atoms with Gasteiger partial charge in [0, 0.05) is 0 Å². The smallest absolute Gasteiger partial charge is 0.338 e. The van der Waals surface area contributed by atoms with Crippen LogP contribution in [-0.4, -0.2) is 132 Å². The van der Waals surface area contributed by atoms with Crippen molar-refractivity contribution < 1.29 is 63.1 Å². The van der Waals surface area contributed by atoms with Gasteiger partial charge in [-0.15, -0.1) is 0 Å². The molecule has 1 rings (SSSR count).